The summed E-state index contributed by atoms with van der Waals surface area (Å²) in [5.41, 5.74) is 5.45. The van der Waals surface area contributed by atoms with Crippen molar-refractivity contribution >= 4 is 35.4 Å². The molecule has 4 aromatic carbocycles. The number of amides is 2. The van der Waals surface area contributed by atoms with Crippen molar-refractivity contribution in [3.8, 4) is 0 Å². The molecule has 236 valence electrons. The Kier molecular flexibility index (Phi) is 14.7. The van der Waals surface area contributed by atoms with Crippen molar-refractivity contribution in [3.05, 3.63) is 137 Å². The van der Waals surface area contributed by atoms with Crippen molar-refractivity contribution in [3.63, 3.8) is 0 Å². The first-order valence-electron chi connectivity index (χ1n) is 14.7. The summed E-state index contributed by atoms with van der Waals surface area (Å²) < 4.78 is 6.67. The van der Waals surface area contributed by atoms with E-state index in [0.717, 1.165) is 23.2 Å². The number of nitrogens with one attached hydrogen (secondary N) is 3. The van der Waals surface area contributed by atoms with Crippen LogP contribution in [0.25, 0.3) is 0 Å². The van der Waals surface area contributed by atoms with Crippen molar-refractivity contribution in [2.75, 3.05) is 37.8 Å². The second-order valence-corrected chi connectivity index (χ2v) is 11.2. The molecule has 0 saturated heterocycles. The molecule has 0 unspecified atom stereocenters. The van der Waals surface area contributed by atoms with Gasteiger partial charge < -0.3 is 25.0 Å². The summed E-state index contributed by atoms with van der Waals surface area (Å²) in [6.07, 6.45) is 2.65. The van der Waals surface area contributed by atoms with Crippen LogP contribution in [0.1, 0.15) is 54.2 Å². The summed E-state index contributed by atoms with van der Waals surface area (Å²) >= 11 is 1.49. The lowest BCUT2D eigenvalue weighted by molar-refractivity contribution is 0.0600. The molecule has 8 nitrogen and oxygen atoms in total. The number of ether oxygens (including phenoxy) is 1. The molecule has 0 fully saturated rings. The smallest absolute Gasteiger partial charge is 0.337 e. The van der Waals surface area contributed by atoms with Crippen LogP contribution in [0.2, 0.25) is 0 Å². The molecule has 0 aliphatic heterocycles. The van der Waals surface area contributed by atoms with Gasteiger partial charge >= 0.3 is 5.97 Å². The Balaban J connectivity index is 0.000000693. The third-order valence-corrected chi connectivity index (χ3v) is 7.57. The number of hydrogen-bond acceptors (Lipinski definition) is 7. The van der Waals surface area contributed by atoms with Crippen LogP contribution in [0.4, 0.5) is 5.69 Å². The molecule has 0 aromatic heterocycles. The van der Waals surface area contributed by atoms with Crippen molar-refractivity contribution in [2.24, 2.45) is 0 Å². The highest BCUT2D eigenvalue weighted by atomic mass is 32.2. The van der Waals surface area contributed by atoms with Crippen molar-refractivity contribution in [1.29, 1.82) is 0 Å². The first kappa shape index (κ1) is 34.9. The molecule has 3 N–H and O–H groups in total. The maximum absolute atomic E-state index is 12.9. The standard InChI is InChI=1S/C29H34N4O4S.C7H8/c1-33(38-3)26-17-24(16-25(18-26)28(35)32-20-21-9-5-4-6-10-21)27(34)31-14-8-13-30-19-22-11-7-12-23(15-22)29(36)37-2;1-7-5-3-2-4-6-7/h4-7,9-12,15-18,30H,8,13-14,19-20H2,1-3H3,(H,31,34)(H,32,35);2-6H,1H3. The molecule has 0 radical (unpaired) electrons. The van der Waals surface area contributed by atoms with Crippen molar-refractivity contribution in [1.82, 2.24) is 16.0 Å². The van der Waals surface area contributed by atoms with Crippen LogP contribution in [0.5, 0.6) is 0 Å². The second kappa shape index (κ2) is 18.9. The molecule has 0 aliphatic carbocycles. The SMILES string of the molecule is COC(=O)c1cccc(CNCCCNC(=O)c2cc(C(=O)NCc3ccccc3)cc(N(C)SC)c2)c1.Cc1ccccc1. The minimum absolute atomic E-state index is 0.232. The highest BCUT2D eigenvalue weighted by molar-refractivity contribution is 7.99. The lowest BCUT2D eigenvalue weighted by atomic mass is 10.1. The van der Waals surface area contributed by atoms with E-state index < -0.39 is 0 Å². The molecular formula is C36H42N4O4S. The third kappa shape index (κ3) is 12.1. The number of anilines is 1. The van der Waals surface area contributed by atoms with Gasteiger partial charge in [0.2, 0.25) is 0 Å². The Morgan fingerprint density at radius 3 is 1.93 bits per heavy atom. The van der Waals surface area contributed by atoms with Crippen LogP contribution < -0.4 is 20.3 Å². The molecule has 9 heteroatoms. The van der Waals surface area contributed by atoms with Gasteiger partial charge in [-0.3, -0.25) is 9.59 Å². The predicted molar refractivity (Wildman–Crippen MR) is 184 cm³/mol. The van der Waals surface area contributed by atoms with Gasteiger partial charge in [0.25, 0.3) is 11.8 Å². The molecule has 0 heterocycles. The zero-order valence-electron chi connectivity index (χ0n) is 26.3. The molecule has 0 spiro atoms. The maximum Gasteiger partial charge on any atom is 0.337 e. The Labute approximate surface area is 270 Å². The molecule has 0 saturated carbocycles. The second-order valence-electron chi connectivity index (χ2n) is 10.2. The van der Waals surface area contributed by atoms with Gasteiger partial charge in [-0.05, 0) is 61.3 Å². The summed E-state index contributed by atoms with van der Waals surface area (Å²) in [5.74, 6) is -0.830. The molecule has 4 aromatic rings. The molecule has 0 atom stereocenters. The number of benzene rings is 4. The molecule has 45 heavy (non-hydrogen) atoms. The monoisotopic (exact) mass is 626 g/mol. The van der Waals surface area contributed by atoms with E-state index in [1.165, 1.54) is 24.6 Å². The average molecular weight is 627 g/mol. The molecule has 0 aliphatic rings. The fourth-order valence-electron chi connectivity index (χ4n) is 4.25. The summed E-state index contributed by atoms with van der Waals surface area (Å²) in [7, 11) is 3.25. The minimum Gasteiger partial charge on any atom is -0.465 e. The number of methoxy groups -OCH3 is 1. The van der Waals surface area contributed by atoms with Gasteiger partial charge in [-0.25, -0.2) is 4.79 Å². The maximum atomic E-state index is 12.9. The van der Waals surface area contributed by atoms with Gasteiger partial charge in [0.1, 0.15) is 0 Å². The number of carbonyl (C=O) groups is 3. The van der Waals surface area contributed by atoms with Crippen LogP contribution in [-0.4, -0.2) is 51.3 Å². The molecule has 2 amide bonds. The number of hydrogen-bond donors (Lipinski definition) is 3. The van der Waals surface area contributed by atoms with Crippen molar-refractivity contribution < 1.29 is 19.1 Å². The normalized spacial score (nSPS) is 10.2. The lowest BCUT2D eigenvalue weighted by Gasteiger charge is -2.18. The first-order chi connectivity index (χ1) is 21.8. The zero-order chi connectivity index (χ0) is 32.4. The quantitative estimate of drug-likeness (QED) is 0.0948. The topological polar surface area (TPSA) is 99.8 Å². The highest BCUT2D eigenvalue weighted by Gasteiger charge is 2.15. The Bertz CT molecular complexity index is 1520. The summed E-state index contributed by atoms with van der Waals surface area (Å²) in [5, 5.41) is 9.19. The van der Waals surface area contributed by atoms with Crippen LogP contribution in [0.15, 0.2) is 103 Å². The van der Waals surface area contributed by atoms with E-state index in [9.17, 15) is 14.4 Å². The van der Waals surface area contributed by atoms with Gasteiger partial charge in [0.15, 0.2) is 0 Å². The van der Waals surface area contributed by atoms with Gasteiger partial charge in [-0.15, -0.1) is 0 Å². The minimum atomic E-state index is -0.362. The summed E-state index contributed by atoms with van der Waals surface area (Å²) in [4.78, 5) is 37.5. The summed E-state index contributed by atoms with van der Waals surface area (Å²) in [6.45, 7) is 4.25. The highest BCUT2D eigenvalue weighted by Crippen LogP contribution is 2.23. The van der Waals surface area contributed by atoms with E-state index in [0.29, 0.717) is 42.9 Å². The average Bonchev–Trinajstić information content (AvgIpc) is 3.08. The summed E-state index contributed by atoms with van der Waals surface area (Å²) in [6, 6.07) is 32.4. The van der Waals surface area contributed by atoms with Crippen LogP contribution in [0.3, 0.4) is 0 Å². The lowest BCUT2D eigenvalue weighted by Crippen LogP contribution is -2.28. The van der Waals surface area contributed by atoms with Gasteiger partial charge in [-0.1, -0.05) is 90.3 Å². The Morgan fingerprint density at radius 1 is 0.711 bits per heavy atom. The fraction of sp³-hybridized carbons (Fsp3) is 0.250. The van der Waals surface area contributed by atoms with E-state index in [4.69, 9.17) is 4.74 Å². The Hall–Kier alpha value is -4.60. The van der Waals surface area contributed by atoms with E-state index in [1.54, 1.807) is 30.3 Å². The largest absolute Gasteiger partial charge is 0.465 e. The number of nitrogens with zero attached hydrogens (tertiary/aromatic N) is 1. The van der Waals surface area contributed by atoms with E-state index in [-0.39, 0.29) is 17.8 Å². The number of aryl methyl sites for hydroxylation is 1. The number of esters is 1. The van der Waals surface area contributed by atoms with Gasteiger partial charge in [0.05, 0.1) is 12.7 Å². The van der Waals surface area contributed by atoms with E-state index >= 15 is 0 Å². The van der Waals surface area contributed by atoms with Gasteiger partial charge in [-0.2, -0.15) is 0 Å². The third-order valence-electron chi connectivity index (χ3n) is 6.81. The zero-order valence-corrected chi connectivity index (χ0v) is 27.2. The van der Waals surface area contributed by atoms with Crippen LogP contribution in [0, 0.1) is 6.92 Å². The van der Waals surface area contributed by atoms with E-state index in [2.05, 4.69) is 35.0 Å². The molecular weight excluding hydrogens is 584 g/mol. The van der Waals surface area contributed by atoms with Crippen LogP contribution in [-0.2, 0) is 17.8 Å². The first-order valence-corrected chi connectivity index (χ1v) is 15.9. The van der Waals surface area contributed by atoms with Crippen LogP contribution >= 0.6 is 11.9 Å². The van der Waals surface area contributed by atoms with E-state index in [1.807, 2.05) is 78.3 Å². The number of carbonyl (C=O) groups excluding carboxylic acids is 3. The molecule has 4 rings (SSSR count). The Morgan fingerprint density at radius 2 is 1.33 bits per heavy atom. The number of rotatable bonds is 13. The molecule has 0 bridgehead atoms. The van der Waals surface area contributed by atoms with Crippen molar-refractivity contribution in [2.45, 2.75) is 26.4 Å². The fourth-order valence-corrected chi connectivity index (χ4v) is 4.57. The predicted octanol–water partition coefficient (Wildman–Crippen LogP) is 6.02. The van der Waals surface area contributed by atoms with Gasteiger partial charge in [0, 0.05) is 49.8 Å².